The number of carbonyl (C=O) groups excluding carboxylic acids is 1. The maximum atomic E-state index is 12.8. The third-order valence-electron chi connectivity index (χ3n) is 2.75. The highest BCUT2D eigenvalue weighted by atomic mass is 19.1. The molecule has 4 nitrogen and oxygen atoms in total. The Labute approximate surface area is 114 Å². The molecule has 0 radical (unpaired) electrons. The summed E-state index contributed by atoms with van der Waals surface area (Å²) in [6, 6.07) is 13.3. The lowest BCUT2D eigenvalue weighted by atomic mass is 9.98. The quantitative estimate of drug-likeness (QED) is 0.841. The molecule has 0 heterocycles. The largest absolute Gasteiger partial charge is 0.480 e. The number of aliphatic carboxylic acids is 1. The van der Waals surface area contributed by atoms with Gasteiger partial charge in [0.25, 0.3) is 0 Å². The van der Waals surface area contributed by atoms with Gasteiger partial charge >= 0.3 is 5.97 Å². The molecular weight excluding hydrogens is 261 g/mol. The van der Waals surface area contributed by atoms with E-state index in [2.05, 4.69) is 5.32 Å². The molecule has 0 aliphatic rings. The predicted molar refractivity (Wildman–Crippen MR) is 71.8 cm³/mol. The first-order valence-electron chi connectivity index (χ1n) is 5.92. The molecule has 0 saturated heterocycles. The fourth-order valence-corrected chi connectivity index (χ4v) is 1.80. The van der Waals surface area contributed by atoms with Crippen molar-refractivity contribution in [1.29, 1.82) is 0 Å². The summed E-state index contributed by atoms with van der Waals surface area (Å²) >= 11 is 0. The van der Waals surface area contributed by atoms with Crippen molar-refractivity contribution in [3.63, 3.8) is 0 Å². The lowest BCUT2D eigenvalue weighted by molar-refractivity contribution is -0.141. The monoisotopic (exact) mass is 273 g/mol. The van der Waals surface area contributed by atoms with Crippen molar-refractivity contribution in [3.8, 4) is 0 Å². The number of carbonyl (C=O) groups is 2. The summed E-state index contributed by atoms with van der Waals surface area (Å²) < 4.78 is 12.8. The number of benzene rings is 2. The number of anilines is 1. The van der Waals surface area contributed by atoms with E-state index >= 15 is 0 Å². The van der Waals surface area contributed by atoms with Crippen molar-refractivity contribution < 1.29 is 19.1 Å². The average Bonchev–Trinajstić information content (AvgIpc) is 2.42. The Kier molecular flexibility index (Phi) is 4.10. The Balaban J connectivity index is 2.20. The van der Waals surface area contributed by atoms with Crippen LogP contribution in [0.5, 0.6) is 0 Å². The van der Waals surface area contributed by atoms with Crippen molar-refractivity contribution in [2.45, 2.75) is 5.92 Å². The van der Waals surface area contributed by atoms with Gasteiger partial charge in [-0.15, -0.1) is 0 Å². The second-order valence-electron chi connectivity index (χ2n) is 4.18. The molecule has 20 heavy (non-hydrogen) atoms. The molecule has 2 N–H and O–H groups in total. The van der Waals surface area contributed by atoms with Crippen molar-refractivity contribution in [2.75, 3.05) is 5.32 Å². The molecule has 0 aliphatic heterocycles. The van der Waals surface area contributed by atoms with E-state index < -0.39 is 23.6 Å². The van der Waals surface area contributed by atoms with Crippen LogP contribution in [0, 0.1) is 5.82 Å². The van der Waals surface area contributed by atoms with Gasteiger partial charge in [-0.1, -0.05) is 30.3 Å². The molecule has 0 bridgehead atoms. The van der Waals surface area contributed by atoms with Gasteiger partial charge in [0.2, 0.25) is 5.91 Å². The molecule has 2 rings (SSSR count). The molecule has 2 aromatic carbocycles. The molecule has 0 saturated carbocycles. The minimum atomic E-state index is -1.30. The molecule has 1 atom stereocenters. The van der Waals surface area contributed by atoms with Crippen LogP contribution >= 0.6 is 0 Å². The molecular formula is C15H12FNO3. The minimum Gasteiger partial charge on any atom is -0.480 e. The molecule has 0 aromatic heterocycles. The first-order chi connectivity index (χ1) is 9.58. The van der Waals surface area contributed by atoms with E-state index in [-0.39, 0.29) is 0 Å². The lowest BCUT2D eigenvalue weighted by Crippen LogP contribution is -2.27. The number of hydrogen-bond acceptors (Lipinski definition) is 2. The van der Waals surface area contributed by atoms with E-state index in [9.17, 15) is 19.1 Å². The maximum Gasteiger partial charge on any atom is 0.320 e. The summed E-state index contributed by atoms with van der Waals surface area (Å²) in [4.78, 5) is 23.3. The van der Waals surface area contributed by atoms with Crippen LogP contribution in [-0.4, -0.2) is 17.0 Å². The van der Waals surface area contributed by atoms with Gasteiger partial charge in [-0.25, -0.2) is 4.39 Å². The summed E-state index contributed by atoms with van der Waals surface area (Å²) in [5.74, 6) is -3.65. The Morgan fingerprint density at radius 3 is 2.15 bits per heavy atom. The minimum absolute atomic E-state index is 0.346. The first-order valence-corrected chi connectivity index (χ1v) is 5.92. The number of carboxylic acids is 1. The summed E-state index contributed by atoms with van der Waals surface area (Å²) in [5, 5.41) is 11.7. The first kappa shape index (κ1) is 13.7. The summed E-state index contributed by atoms with van der Waals surface area (Å²) in [5.41, 5.74) is 0.734. The smallest absolute Gasteiger partial charge is 0.320 e. The van der Waals surface area contributed by atoms with Crippen LogP contribution in [0.1, 0.15) is 11.5 Å². The van der Waals surface area contributed by atoms with Gasteiger partial charge in [0.15, 0.2) is 5.92 Å². The number of halogens is 1. The molecule has 2 aromatic rings. The van der Waals surface area contributed by atoms with Crippen LogP contribution in [0.25, 0.3) is 0 Å². The zero-order valence-electron chi connectivity index (χ0n) is 10.4. The standard InChI is InChI=1S/C15H12FNO3/c16-11-6-8-12(9-7-11)17-14(18)13(15(19)20)10-4-2-1-3-5-10/h1-9,13H,(H,17,18)(H,19,20). The third-order valence-corrected chi connectivity index (χ3v) is 2.75. The number of carboxylic acid groups (broad SMARTS) is 1. The van der Waals surface area contributed by atoms with Crippen molar-refractivity contribution >= 4 is 17.6 Å². The molecule has 1 unspecified atom stereocenters. The molecule has 0 fully saturated rings. The predicted octanol–water partition coefficient (Wildman–Crippen LogP) is 2.63. The summed E-state index contributed by atoms with van der Waals surface area (Å²) in [6.07, 6.45) is 0. The van der Waals surface area contributed by atoms with Gasteiger partial charge in [0.05, 0.1) is 0 Å². The van der Waals surface area contributed by atoms with Crippen LogP contribution in [-0.2, 0) is 9.59 Å². The van der Waals surface area contributed by atoms with E-state index in [0.717, 1.165) is 0 Å². The Bertz CT molecular complexity index is 611. The van der Waals surface area contributed by atoms with Crippen molar-refractivity contribution in [3.05, 3.63) is 66.0 Å². The fraction of sp³-hybridized carbons (Fsp3) is 0.0667. The third kappa shape index (κ3) is 3.20. The van der Waals surface area contributed by atoms with E-state index in [1.807, 2.05) is 0 Å². The zero-order chi connectivity index (χ0) is 14.5. The summed E-state index contributed by atoms with van der Waals surface area (Å²) in [7, 11) is 0. The van der Waals surface area contributed by atoms with Gasteiger partial charge in [-0.2, -0.15) is 0 Å². The van der Waals surface area contributed by atoms with Crippen LogP contribution in [0.15, 0.2) is 54.6 Å². The molecule has 0 aliphatic carbocycles. The fourth-order valence-electron chi connectivity index (χ4n) is 1.80. The van der Waals surface area contributed by atoms with Crippen LogP contribution in [0.2, 0.25) is 0 Å². The molecule has 5 heteroatoms. The number of hydrogen-bond donors (Lipinski definition) is 2. The summed E-state index contributed by atoms with van der Waals surface area (Å²) in [6.45, 7) is 0. The van der Waals surface area contributed by atoms with Gasteiger partial charge in [0.1, 0.15) is 5.82 Å². The van der Waals surface area contributed by atoms with Crippen LogP contribution in [0.3, 0.4) is 0 Å². The maximum absolute atomic E-state index is 12.8. The van der Waals surface area contributed by atoms with Crippen molar-refractivity contribution in [1.82, 2.24) is 0 Å². The second-order valence-corrected chi connectivity index (χ2v) is 4.18. The Hall–Kier alpha value is -2.69. The lowest BCUT2D eigenvalue weighted by Gasteiger charge is -2.13. The highest BCUT2D eigenvalue weighted by Gasteiger charge is 2.28. The highest BCUT2D eigenvalue weighted by Crippen LogP contribution is 2.19. The topological polar surface area (TPSA) is 66.4 Å². The Morgan fingerprint density at radius 1 is 1.00 bits per heavy atom. The van der Waals surface area contributed by atoms with E-state index in [4.69, 9.17) is 0 Å². The average molecular weight is 273 g/mol. The molecule has 0 spiro atoms. The second kappa shape index (κ2) is 5.97. The van der Waals surface area contributed by atoms with E-state index in [1.165, 1.54) is 24.3 Å². The highest BCUT2D eigenvalue weighted by molar-refractivity contribution is 6.08. The van der Waals surface area contributed by atoms with E-state index in [0.29, 0.717) is 11.3 Å². The zero-order valence-corrected chi connectivity index (χ0v) is 10.4. The molecule has 1 amide bonds. The van der Waals surface area contributed by atoms with Gasteiger partial charge in [0, 0.05) is 5.69 Å². The number of rotatable bonds is 4. The number of amides is 1. The normalized spacial score (nSPS) is 11.7. The Morgan fingerprint density at radius 2 is 1.60 bits per heavy atom. The van der Waals surface area contributed by atoms with Gasteiger partial charge in [-0.05, 0) is 29.8 Å². The van der Waals surface area contributed by atoms with Crippen LogP contribution in [0.4, 0.5) is 10.1 Å². The van der Waals surface area contributed by atoms with Gasteiger partial charge in [-0.3, -0.25) is 9.59 Å². The van der Waals surface area contributed by atoms with E-state index in [1.54, 1.807) is 30.3 Å². The molecule has 102 valence electrons. The van der Waals surface area contributed by atoms with Crippen molar-refractivity contribution in [2.24, 2.45) is 0 Å². The van der Waals surface area contributed by atoms with Crippen LogP contribution < -0.4 is 5.32 Å². The number of nitrogens with one attached hydrogen (secondary N) is 1. The SMILES string of the molecule is O=C(O)C(C(=O)Nc1ccc(F)cc1)c1ccccc1. The van der Waals surface area contributed by atoms with Gasteiger partial charge < -0.3 is 10.4 Å².